The first-order chi connectivity index (χ1) is 10.1. The van der Waals surface area contributed by atoms with Gasteiger partial charge in [0, 0.05) is 18.3 Å². The van der Waals surface area contributed by atoms with Gasteiger partial charge in [-0.1, -0.05) is 18.2 Å². The average molecular weight is 289 g/mol. The molecule has 0 bridgehead atoms. The molecular formula is C15H16FN3O2. The lowest BCUT2D eigenvalue weighted by Gasteiger charge is -2.08. The number of anilines is 1. The molecule has 6 heteroatoms. The van der Waals surface area contributed by atoms with Crippen molar-refractivity contribution in [2.75, 3.05) is 19.0 Å². The highest BCUT2D eigenvalue weighted by molar-refractivity contribution is 5.85. The van der Waals surface area contributed by atoms with Gasteiger partial charge in [0.15, 0.2) is 0 Å². The molecule has 0 aliphatic rings. The fourth-order valence-electron chi connectivity index (χ4n) is 1.87. The number of ether oxygens (including phenoxy) is 1. The standard InChI is InChI=1S/C15H16FN3O2/c1-10-9-13(19-14(18-10)15(20)21-2)17-8-7-11-5-3-4-6-12(11)16/h3-6,9H,7-8H2,1-2H3,(H,17,18,19). The zero-order chi connectivity index (χ0) is 15.2. The molecular weight excluding hydrogens is 273 g/mol. The van der Waals surface area contributed by atoms with E-state index in [2.05, 4.69) is 20.0 Å². The third-order valence-corrected chi connectivity index (χ3v) is 2.88. The van der Waals surface area contributed by atoms with Gasteiger partial charge < -0.3 is 10.1 Å². The largest absolute Gasteiger partial charge is 0.463 e. The Morgan fingerprint density at radius 1 is 1.33 bits per heavy atom. The van der Waals surface area contributed by atoms with Gasteiger partial charge >= 0.3 is 5.97 Å². The van der Waals surface area contributed by atoms with Gasteiger partial charge in [0.25, 0.3) is 0 Å². The first-order valence-corrected chi connectivity index (χ1v) is 6.51. The number of rotatable bonds is 5. The molecule has 1 aromatic heterocycles. The van der Waals surface area contributed by atoms with Gasteiger partial charge in [-0.05, 0) is 25.0 Å². The molecule has 1 aromatic carbocycles. The molecule has 0 atom stereocenters. The van der Waals surface area contributed by atoms with Crippen LogP contribution in [0.25, 0.3) is 0 Å². The molecule has 0 saturated carbocycles. The maximum atomic E-state index is 13.5. The van der Waals surface area contributed by atoms with Crippen LogP contribution in [-0.4, -0.2) is 29.6 Å². The fourth-order valence-corrected chi connectivity index (χ4v) is 1.87. The van der Waals surface area contributed by atoms with Crippen molar-refractivity contribution in [3.63, 3.8) is 0 Å². The van der Waals surface area contributed by atoms with Gasteiger partial charge in [-0.15, -0.1) is 0 Å². The van der Waals surface area contributed by atoms with E-state index < -0.39 is 5.97 Å². The Bertz CT molecular complexity index is 647. The minimum Gasteiger partial charge on any atom is -0.463 e. The van der Waals surface area contributed by atoms with Crippen molar-refractivity contribution in [1.82, 2.24) is 9.97 Å². The zero-order valence-corrected chi connectivity index (χ0v) is 11.9. The number of hydrogen-bond donors (Lipinski definition) is 1. The molecule has 5 nitrogen and oxygen atoms in total. The van der Waals surface area contributed by atoms with Gasteiger partial charge in [0.05, 0.1) is 7.11 Å². The molecule has 2 aromatic rings. The number of esters is 1. The van der Waals surface area contributed by atoms with Crippen LogP contribution in [0.2, 0.25) is 0 Å². The third kappa shape index (κ3) is 3.98. The monoisotopic (exact) mass is 289 g/mol. The molecule has 0 radical (unpaired) electrons. The van der Waals surface area contributed by atoms with E-state index in [1.54, 1.807) is 31.2 Å². The molecule has 21 heavy (non-hydrogen) atoms. The van der Waals surface area contributed by atoms with Crippen LogP contribution in [0.15, 0.2) is 30.3 Å². The summed E-state index contributed by atoms with van der Waals surface area (Å²) in [6.45, 7) is 2.26. The summed E-state index contributed by atoms with van der Waals surface area (Å²) >= 11 is 0. The Morgan fingerprint density at radius 2 is 2.10 bits per heavy atom. The van der Waals surface area contributed by atoms with E-state index in [1.807, 2.05) is 0 Å². The van der Waals surface area contributed by atoms with Gasteiger partial charge in [-0.3, -0.25) is 0 Å². The van der Waals surface area contributed by atoms with E-state index in [-0.39, 0.29) is 11.6 Å². The van der Waals surface area contributed by atoms with Crippen molar-refractivity contribution in [3.05, 3.63) is 53.2 Å². The number of aryl methyl sites for hydroxylation is 1. The maximum absolute atomic E-state index is 13.5. The van der Waals surface area contributed by atoms with Crippen LogP contribution in [0.3, 0.4) is 0 Å². The maximum Gasteiger partial charge on any atom is 0.376 e. The first-order valence-electron chi connectivity index (χ1n) is 6.51. The second-order valence-electron chi connectivity index (χ2n) is 4.48. The highest BCUT2D eigenvalue weighted by atomic mass is 19.1. The van der Waals surface area contributed by atoms with Crippen LogP contribution in [-0.2, 0) is 11.2 Å². The Hall–Kier alpha value is -2.50. The van der Waals surface area contributed by atoms with E-state index in [0.29, 0.717) is 30.0 Å². The summed E-state index contributed by atoms with van der Waals surface area (Å²) in [4.78, 5) is 19.5. The van der Waals surface area contributed by atoms with Crippen molar-refractivity contribution in [3.8, 4) is 0 Å². The van der Waals surface area contributed by atoms with Crippen molar-refractivity contribution < 1.29 is 13.9 Å². The molecule has 0 spiro atoms. The van der Waals surface area contributed by atoms with Gasteiger partial charge in [0.1, 0.15) is 11.6 Å². The number of hydrogen-bond acceptors (Lipinski definition) is 5. The summed E-state index contributed by atoms with van der Waals surface area (Å²) in [6.07, 6.45) is 0.517. The van der Waals surface area contributed by atoms with E-state index in [1.165, 1.54) is 13.2 Å². The highest BCUT2D eigenvalue weighted by Gasteiger charge is 2.11. The summed E-state index contributed by atoms with van der Waals surface area (Å²) in [5, 5.41) is 3.05. The number of methoxy groups -OCH3 is 1. The Kier molecular flexibility index (Phi) is 4.81. The Balaban J connectivity index is 2.02. The molecule has 2 rings (SSSR count). The summed E-state index contributed by atoms with van der Waals surface area (Å²) in [5.41, 5.74) is 1.28. The number of carbonyl (C=O) groups is 1. The van der Waals surface area contributed by atoms with Crippen LogP contribution < -0.4 is 5.32 Å². The molecule has 0 fully saturated rings. The predicted octanol–water partition coefficient (Wildman–Crippen LogP) is 2.37. The number of nitrogens with zero attached hydrogens (tertiary/aromatic N) is 2. The topological polar surface area (TPSA) is 64.1 Å². The predicted molar refractivity (Wildman–Crippen MR) is 76.7 cm³/mol. The lowest BCUT2D eigenvalue weighted by molar-refractivity contribution is 0.0586. The third-order valence-electron chi connectivity index (χ3n) is 2.88. The summed E-state index contributed by atoms with van der Waals surface area (Å²) in [5.74, 6) is -0.297. The second kappa shape index (κ2) is 6.78. The summed E-state index contributed by atoms with van der Waals surface area (Å²) < 4.78 is 18.1. The minimum absolute atomic E-state index is 0.00546. The van der Waals surface area contributed by atoms with Gasteiger partial charge in [0.2, 0.25) is 5.82 Å². The normalized spacial score (nSPS) is 10.2. The van der Waals surface area contributed by atoms with E-state index >= 15 is 0 Å². The molecule has 0 aliphatic heterocycles. The Labute approximate surface area is 122 Å². The lowest BCUT2D eigenvalue weighted by Crippen LogP contribution is -2.13. The summed E-state index contributed by atoms with van der Waals surface area (Å²) in [6, 6.07) is 8.33. The Morgan fingerprint density at radius 3 is 2.81 bits per heavy atom. The zero-order valence-electron chi connectivity index (χ0n) is 11.9. The fraction of sp³-hybridized carbons (Fsp3) is 0.267. The SMILES string of the molecule is COC(=O)c1nc(C)cc(NCCc2ccccc2F)n1. The van der Waals surface area contributed by atoms with Crippen molar-refractivity contribution in [2.45, 2.75) is 13.3 Å². The van der Waals surface area contributed by atoms with Crippen molar-refractivity contribution in [1.29, 1.82) is 0 Å². The van der Waals surface area contributed by atoms with Crippen LogP contribution in [0.5, 0.6) is 0 Å². The van der Waals surface area contributed by atoms with Gasteiger partial charge in [-0.25, -0.2) is 19.2 Å². The molecule has 0 amide bonds. The molecule has 1 heterocycles. The molecule has 110 valence electrons. The number of nitrogens with one attached hydrogen (secondary N) is 1. The molecule has 0 unspecified atom stereocenters. The minimum atomic E-state index is -0.587. The van der Waals surface area contributed by atoms with Gasteiger partial charge in [-0.2, -0.15) is 0 Å². The van der Waals surface area contributed by atoms with Crippen molar-refractivity contribution in [2.24, 2.45) is 0 Å². The van der Waals surface area contributed by atoms with Crippen LogP contribution >= 0.6 is 0 Å². The summed E-state index contributed by atoms with van der Waals surface area (Å²) in [7, 11) is 1.28. The van der Waals surface area contributed by atoms with Crippen LogP contribution in [0.1, 0.15) is 21.9 Å². The molecule has 0 aliphatic carbocycles. The van der Waals surface area contributed by atoms with Crippen LogP contribution in [0.4, 0.5) is 10.2 Å². The van der Waals surface area contributed by atoms with Crippen LogP contribution in [0, 0.1) is 12.7 Å². The highest BCUT2D eigenvalue weighted by Crippen LogP contribution is 2.10. The van der Waals surface area contributed by atoms with E-state index in [4.69, 9.17) is 0 Å². The number of aromatic nitrogens is 2. The second-order valence-corrected chi connectivity index (χ2v) is 4.48. The molecule has 0 saturated heterocycles. The lowest BCUT2D eigenvalue weighted by atomic mass is 10.1. The number of halogens is 1. The molecule has 1 N–H and O–H groups in total. The van der Waals surface area contributed by atoms with E-state index in [0.717, 1.165) is 0 Å². The number of benzene rings is 1. The quantitative estimate of drug-likeness (QED) is 0.856. The van der Waals surface area contributed by atoms with E-state index in [9.17, 15) is 9.18 Å². The number of carbonyl (C=O) groups excluding carboxylic acids is 1. The smallest absolute Gasteiger partial charge is 0.376 e. The van der Waals surface area contributed by atoms with Crippen molar-refractivity contribution >= 4 is 11.8 Å². The first kappa shape index (κ1) is 14.9. The average Bonchev–Trinajstić information content (AvgIpc) is 2.48.